The molecule has 0 bridgehead atoms. The molecule has 96 valence electrons. The van der Waals surface area contributed by atoms with Crippen molar-refractivity contribution in [1.82, 2.24) is 5.32 Å². The molecule has 0 aliphatic carbocycles. The van der Waals surface area contributed by atoms with E-state index in [1.54, 1.807) is 0 Å². The molecule has 2 rings (SSSR count). The average Bonchev–Trinajstić information content (AvgIpc) is 2.46. The van der Waals surface area contributed by atoms with Crippen LogP contribution in [0.25, 0.3) is 0 Å². The van der Waals surface area contributed by atoms with Gasteiger partial charge in [0.15, 0.2) is 0 Å². The van der Waals surface area contributed by atoms with Crippen LogP contribution in [0.5, 0.6) is 0 Å². The Labute approximate surface area is 115 Å². The van der Waals surface area contributed by atoms with Crippen LogP contribution in [0.3, 0.4) is 0 Å². The smallest absolute Gasteiger partial charge is 0.0665 e. The van der Waals surface area contributed by atoms with Crippen LogP contribution in [0.2, 0.25) is 0 Å². The van der Waals surface area contributed by atoms with Crippen molar-refractivity contribution in [3.63, 3.8) is 0 Å². The van der Waals surface area contributed by atoms with E-state index < -0.39 is 0 Å². The molecular formula is C18H19N. The quantitative estimate of drug-likeness (QED) is 0.815. The molecule has 1 nitrogen and oxygen atoms in total. The van der Waals surface area contributed by atoms with E-state index in [0.717, 1.165) is 0 Å². The highest BCUT2D eigenvalue weighted by atomic mass is 14.9. The highest BCUT2D eigenvalue weighted by Gasteiger charge is 2.16. The number of hydrogen-bond acceptors (Lipinski definition) is 1. The Bertz CT molecular complexity index is 566. The predicted octanol–water partition coefficient (Wildman–Crippen LogP) is 3.70. The fourth-order valence-corrected chi connectivity index (χ4v) is 2.22. The molecule has 0 saturated carbocycles. The van der Waals surface area contributed by atoms with Crippen LogP contribution in [0.1, 0.15) is 29.7 Å². The zero-order chi connectivity index (χ0) is 13.7. The van der Waals surface area contributed by atoms with Crippen LogP contribution < -0.4 is 5.32 Å². The lowest BCUT2D eigenvalue weighted by atomic mass is 9.94. The highest BCUT2D eigenvalue weighted by molar-refractivity contribution is 5.37. The molecule has 0 radical (unpaired) electrons. The van der Waals surface area contributed by atoms with Gasteiger partial charge in [0.05, 0.1) is 12.1 Å². The summed E-state index contributed by atoms with van der Waals surface area (Å²) >= 11 is 0. The van der Waals surface area contributed by atoms with E-state index in [1.165, 1.54) is 16.7 Å². The Kier molecular flexibility index (Phi) is 4.39. The topological polar surface area (TPSA) is 12.0 Å². The molecule has 1 N–H and O–H groups in total. The summed E-state index contributed by atoms with van der Waals surface area (Å²) in [6.07, 6.45) is 5.50. The lowest BCUT2D eigenvalue weighted by molar-refractivity contribution is 0.571. The fourth-order valence-electron chi connectivity index (χ4n) is 2.22. The Morgan fingerprint density at radius 1 is 1.00 bits per heavy atom. The van der Waals surface area contributed by atoms with E-state index in [2.05, 4.69) is 66.7 Å². The first-order valence-electron chi connectivity index (χ1n) is 6.55. The van der Waals surface area contributed by atoms with Crippen molar-refractivity contribution in [2.75, 3.05) is 0 Å². The second kappa shape index (κ2) is 6.22. The summed E-state index contributed by atoms with van der Waals surface area (Å²) in [5.41, 5.74) is 3.78. The Hall–Kier alpha value is -2.04. The van der Waals surface area contributed by atoms with E-state index >= 15 is 0 Å². The average molecular weight is 249 g/mol. The van der Waals surface area contributed by atoms with Gasteiger partial charge in [0.25, 0.3) is 0 Å². The summed E-state index contributed by atoms with van der Waals surface area (Å²) in [4.78, 5) is 0. The van der Waals surface area contributed by atoms with E-state index in [9.17, 15) is 0 Å². The molecule has 0 aliphatic rings. The molecule has 2 aromatic rings. The standard InChI is InChI=1S/C18H19N/c1-4-15(3)19-18(16-11-6-5-7-12-16)17-13-9-8-10-14(17)2/h1,5-13,15,18-19H,2-3H3. The van der Waals surface area contributed by atoms with Crippen LogP contribution in [0.4, 0.5) is 0 Å². The monoisotopic (exact) mass is 249 g/mol. The Balaban J connectivity index is 2.41. The molecule has 2 aromatic carbocycles. The summed E-state index contributed by atoms with van der Waals surface area (Å²) in [6.45, 7) is 4.14. The lowest BCUT2D eigenvalue weighted by Crippen LogP contribution is -2.30. The van der Waals surface area contributed by atoms with Crippen LogP contribution in [-0.2, 0) is 0 Å². The number of terminal acetylenes is 1. The maximum absolute atomic E-state index is 5.50. The van der Waals surface area contributed by atoms with Gasteiger partial charge in [-0.2, -0.15) is 0 Å². The molecule has 1 heteroatoms. The van der Waals surface area contributed by atoms with E-state index in [4.69, 9.17) is 6.42 Å². The molecule has 0 spiro atoms. The second-order valence-electron chi connectivity index (χ2n) is 4.76. The van der Waals surface area contributed by atoms with Crippen LogP contribution in [0.15, 0.2) is 54.6 Å². The van der Waals surface area contributed by atoms with E-state index in [-0.39, 0.29) is 12.1 Å². The van der Waals surface area contributed by atoms with Crippen molar-refractivity contribution in [2.45, 2.75) is 25.9 Å². The summed E-state index contributed by atoms with van der Waals surface area (Å²) in [7, 11) is 0. The number of rotatable bonds is 4. The van der Waals surface area contributed by atoms with Gasteiger partial charge in [0.2, 0.25) is 0 Å². The van der Waals surface area contributed by atoms with Gasteiger partial charge in [-0.1, -0.05) is 60.5 Å². The predicted molar refractivity (Wildman–Crippen MR) is 80.9 cm³/mol. The zero-order valence-corrected chi connectivity index (χ0v) is 11.4. The molecule has 2 unspecified atom stereocenters. The highest BCUT2D eigenvalue weighted by Crippen LogP contribution is 2.25. The molecule has 0 aromatic heterocycles. The number of hydrogen-bond donors (Lipinski definition) is 1. The van der Waals surface area contributed by atoms with Crippen LogP contribution in [-0.4, -0.2) is 6.04 Å². The molecular weight excluding hydrogens is 230 g/mol. The maximum Gasteiger partial charge on any atom is 0.0665 e. The van der Waals surface area contributed by atoms with E-state index in [0.29, 0.717) is 0 Å². The SMILES string of the molecule is C#CC(C)NC(c1ccccc1)c1ccccc1C. The number of nitrogens with one attached hydrogen (secondary N) is 1. The minimum absolute atomic E-state index is 0.0322. The van der Waals surface area contributed by atoms with Crippen molar-refractivity contribution in [3.8, 4) is 12.3 Å². The lowest BCUT2D eigenvalue weighted by Gasteiger charge is -2.23. The van der Waals surface area contributed by atoms with Gasteiger partial charge in [-0.3, -0.25) is 5.32 Å². The first-order valence-corrected chi connectivity index (χ1v) is 6.55. The molecule has 0 amide bonds. The third kappa shape index (κ3) is 3.24. The van der Waals surface area contributed by atoms with Crippen molar-refractivity contribution < 1.29 is 0 Å². The van der Waals surface area contributed by atoms with Gasteiger partial charge in [0.1, 0.15) is 0 Å². The van der Waals surface area contributed by atoms with Gasteiger partial charge < -0.3 is 0 Å². The van der Waals surface area contributed by atoms with Crippen molar-refractivity contribution >= 4 is 0 Å². The summed E-state index contributed by atoms with van der Waals surface area (Å²) < 4.78 is 0. The van der Waals surface area contributed by atoms with Crippen molar-refractivity contribution in [1.29, 1.82) is 0 Å². The van der Waals surface area contributed by atoms with Gasteiger partial charge in [-0.05, 0) is 30.5 Å². The molecule has 0 aliphatic heterocycles. The third-order valence-electron chi connectivity index (χ3n) is 3.30. The van der Waals surface area contributed by atoms with Crippen molar-refractivity contribution in [3.05, 3.63) is 71.3 Å². The normalized spacial score (nSPS) is 13.5. The van der Waals surface area contributed by atoms with Gasteiger partial charge in [0, 0.05) is 0 Å². The molecule has 0 saturated heterocycles. The minimum Gasteiger partial charge on any atom is -0.293 e. The zero-order valence-electron chi connectivity index (χ0n) is 11.4. The van der Waals surface area contributed by atoms with Gasteiger partial charge >= 0.3 is 0 Å². The summed E-state index contributed by atoms with van der Waals surface area (Å²) in [6, 6.07) is 19.0. The fraction of sp³-hybridized carbons (Fsp3) is 0.222. The first kappa shape index (κ1) is 13.4. The first-order chi connectivity index (χ1) is 9.22. The molecule has 19 heavy (non-hydrogen) atoms. The molecule has 2 atom stereocenters. The number of benzene rings is 2. The maximum atomic E-state index is 5.50. The summed E-state index contributed by atoms with van der Waals surface area (Å²) in [5, 5.41) is 3.50. The molecule has 0 fully saturated rings. The second-order valence-corrected chi connectivity index (χ2v) is 4.76. The Morgan fingerprint density at radius 3 is 2.26 bits per heavy atom. The third-order valence-corrected chi connectivity index (χ3v) is 3.30. The van der Waals surface area contributed by atoms with Crippen molar-refractivity contribution in [2.24, 2.45) is 0 Å². The number of aryl methyl sites for hydroxylation is 1. The van der Waals surface area contributed by atoms with Gasteiger partial charge in [-0.15, -0.1) is 6.42 Å². The largest absolute Gasteiger partial charge is 0.293 e. The van der Waals surface area contributed by atoms with Crippen LogP contribution in [0, 0.1) is 19.3 Å². The summed E-state index contributed by atoms with van der Waals surface area (Å²) in [5.74, 6) is 2.74. The van der Waals surface area contributed by atoms with Crippen LogP contribution >= 0.6 is 0 Å². The molecule has 0 heterocycles. The van der Waals surface area contributed by atoms with Gasteiger partial charge in [-0.25, -0.2) is 0 Å². The minimum atomic E-state index is 0.0322. The van der Waals surface area contributed by atoms with E-state index in [1.807, 2.05) is 13.0 Å². The Morgan fingerprint density at radius 2 is 1.63 bits per heavy atom.